The van der Waals surface area contributed by atoms with Crippen molar-refractivity contribution in [2.75, 3.05) is 5.32 Å². The largest absolute Gasteiger partial charge is 0.481 e. The van der Waals surface area contributed by atoms with Crippen molar-refractivity contribution in [2.45, 2.75) is 13.0 Å². The van der Waals surface area contributed by atoms with Gasteiger partial charge in [-0.05, 0) is 47.1 Å². The van der Waals surface area contributed by atoms with Gasteiger partial charge in [0.25, 0.3) is 5.91 Å². The van der Waals surface area contributed by atoms with Crippen LogP contribution in [0.4, 0.5) is 5.69 Å². The number of rotatable bonds is 4. The van der Waals surface area contributed by atoms with Crippen molar-refractivity contribution in [3.8, 4) is 5.75 Å². The van der Waals surface area contributed by atoms with Gasteiger partial charge in [-0.3, -0.25) is 4.79 Å². The molecule has 2 rings (SSSR count). The maximum atomic E-state index is 12.1. The lowest BCUT2D eigenvalue weighted by Gasteiger charge is -2.15. The molecule has 7 heteroatoms. The number of benzene rings is 1. The van der Waals surface area contributed by atoms with E-state index in [0.717, 1.165) is 0 Å². The highest BCUT2D eigenvalue weighted by Gasteiger charge is 2.16. The second kappa shape index (κ2) is 7.11. The second-order valence-corrected chi connectivity index (χ2v) is 5.91. The molecule has 2 aromatic rings. The van der Waals surface area contributed by atoms with Crippen LogP contribution < -0.4 is 10.1 Å². The van der Waals surface area contributed by atoms with E-state index in [-0.39, 0.29) is 11.1 Å². The van der Waals surface area contributed by atoms with E-state index in [2.05, 4.69) is 26.2 Å². The van der Waals surface area contributed by atoms with Crippen molar-refractivity contribution in [1.82, 2.24) is 4.98 Å². The predicted octanol–water partition coefficient (Wildman–Crippen LogP) is 4.56. The second-order valence-electron chi connectivity index (χ2n) is 4.20. The van der Waals surface area contributed by atoms with Crippen molar-refractivity contribution >= 4 is 50.7 Å². The summed E-state index contributed by atoms with van der Waals surface area (Å²) in [5.74, 6) is 0.181. The van der Waals surface area contributed by atoms with Gasteiger partial charge in [-0.25, -0.2) is 4.98 Å². The maximum absolute atomic E-state index is 12.1. The number of halogens is 3. The van der Waals surface area contributed by atoms with Crippen molar-refractivity contribution in [2.24, 2.45) is 0 Å². The zero-order chi connectivity index (χ0) is 15.4. The first kappa shape index (κ1) is 16.1. The summed E-state index contributed by atoms with van der Waals surface area (Å²) in [6.07, 6.45) is 0.836. The molecule has 1 heterocycles. The zero-order valence-electron chi connectivity index (χ0n) is 10.9. The van der Waals surface area contributed by atoms with Crippen molar-refractivity contribution in [3.05, 3.63) is 51.2 Å². The minimum atomic E-state index is -0.710. The minimum Gasteiger partial charge on any atom is -0.481 e. The fourth-order valence-corrected chi connectivity index (χ4v) is 2.20. The number of pyridine rings is 1. The Labute approximate surface area is 140 Å². The first-order valence-electron chi connectivity index (χ1n) is 6.00. The highest BCUT2D eigenvalue weighted by molar-refractivity contribution is 9.10. The Morgan fingerprint density at radius 1 is 1.38 bits per heavy atom. The van der Waals surface area contributed by atoms with Crippen molar-refractivity contribution < 1.29 is 9.53 Å². The Balaban J connectivity index is 2.04. The lowest BCUT2D eigenvalue weighted by Crippen LogP contribution is -2.30. The van der Waals surface area contributed by atoms with E-state index in [1.54, 1.807) is 43.5 Å². The molecule has 0 saturated carbocycles. The highest BCUT2D eigenvalue weighted by atomic mass is 79.9. The fraction of sp³-hybridized carbons (Fsp3) is 0.143. The molecule has 1 amide bonds. The van der Waals surface area contributed by atoms with Crippen LogP contribution in [0.3, 0.4) is 0 Å². The van der Waals surface area contributed by atoms with Gasteiger partial charge in [0, 0.05) is 15.7 Å². The van der Waals surface area contributed by atoms with Gasteiger partial charge in [0.2, 0.25) is 0 Å². The van der Waals surface area contributed by atoms with E-state index in [9.17, 15) is 4.79 Å². The molecule has 0 saturated heterocycles. The summed E-state index contributed by atoms with van der Waals surface area (Å²) in [4.78, 5) is 16.0. The third-order valence-corrected chi connectivity index (χ3v) is 3.51. The molecular formula is C14H11BrCl2N2O2. The summed E-state index contributed by atoms with van der Waals surface area (Å²) in [5, 5.41) is 3.42. The summed E-state index contributed by atoms with van der Waals surface area (Å²) in [5.41, 5.74) is 0.414. The van der Waals surface area contributed by atoms with Crippen LogP contribution in [0, 0.1) is 0 Å². The number of aromatic nitrogens is 1. The lowest BCUT2D eigenvalue weighted by atomic mass is 10.3. The number of nitrogens with zero attached hydrogens (tertiary/aromatic N) is 1. The molecule has 21 heavy (non-hydrogen) atoms. The van der Waals surface area contributed by atoms with E-state index in [1.807, 2.05) is 0 Å². The number of amides is 1. The van der Waals surface area contributed by atoms with Gasteiger partial charge in [-0.2, -0.15) is 0 Å². The Hall–Kier alpha value is -1.30. The molecule has 1 aromatic carbocycles. The van der Waals surface area contributed by atoms with Gasteiger partial charge in [-0.1, -0.05) is 29.3 Å². The summed E-state index contributed by atoms with van der Waals surface area (Å²) in [7, 11) is 0. The SMILES string of the molecule is CC(Oc1cccc(Cl)c1)C(=O)Nc1cc(Br)cnc1Cl. The van der Waals surface area contributed by atoms with Gasteiger partial charge in [-0.15, -0.1) is 0 Å². The molecular weight excluding hydrogens is 379 g/mol. The molecule has 0 aliphatic heterocycles. The maximum Gasteiger partial charge on any atom is 0.265 e. The molecule has 0 spiro atoms. The molecule has 0 bridgehead atoms. The van der Waals surface area contributed by atoms with E-state index in [0.29, 0.717) is 20.9 Å². The Bertz CT molecular complexity index is 667. The average molecular weight is 390 g/mol. The first-order chi connectivity index (χ1) is 9.95. The van der Waals surface area contributed by atoms with Crippen LogP contribution in [0.2, 0.25) is 10.2 Å². The molecule has 110 valence electrons. The van der Waals surface area contributed by atoms with Gasteiger partial charge < -0.3 is 10.1 Å². The Morgan fingerprint density at radius 3 is 2.86 bits per heavy atom. The van der Waals surface area contributed by atoms with E-state index in [4.69, 9.17) is 27.9 Å². The lowest BCUT2D eigenvalue weighted by molar-refractivity contribution is -0.122. The normalized spacial score (nSPS) is 11.8. The van der Waals surface area contributed by atoms with Crippen LogP contribution in [0.25, 0.3) is 0 Å². The smallest absolute Gasteiger partial charge is 0.265 e. The topological polar surface area (TPSA) is 51.2 Å². The molecule has 0 fully saturated rings. The summed E-state index contributed by atoms with van der Waals surface area (Å²) >= 11 is 15.1. The van der Waals surface area contributed by atoms with E-state index in [1.165, 1.54) is 0 Å². The van der Waals surface area contributed by atoms with Crippen LogP contribution in [0.15, 0.2) is 41.0 Å². The van der Waals surface area contributed by atoms with Crippen LogP contribution in [0.5, 0.6) is 5.75 Å². The number of carbonyl (C=O) groups excluding carboxylic acids is 1. The molecule has 0 radical (unpaired) electrons. The summed E-state index contributed by atoms with van der Waals surface area (Å²) in [6, 6.07) is 8.51. The third kappa shape index (κ3) is 4.59. The molecule has 1 N–H and O–H groups in total. The minimum absolute atomic E-state index is 0.210. The first-order valence-corrected chi connectivity index (χ1v) is 7.55. The van der Waals surface area contributed by atoms with Crippen LogP contribution in [-0.4, -0.2) is 17.0 Å². The summed E-state index contributed by atoms with van der Waals surface area (Å²) in [6.45, 7) is 1.63. The molecule has 1 unspecified atom stereocenters. The van der Waals surface area contributed by atoms with Crippen LogP contribution in [-0.2, 0) is 4.79 Å². The number of anilines is 1. The number of nitrogens with one attached hydrogen (secondary N) is 1. The third-order valence-electron chi connectivity index (χ3n) is 2.54. The fourth-order valence-electron chi connectivity index (χ4n) is 1.54. The van der Waals surface area contributed by atoms with Gasteiger partial charge in [0.15, 0.2) is 11.3 Å². The monoisotopic (exact) mass is 388 g/mol. The Morgan fingerprint density at radius 2 is 2.14 bits per heavy atom. The standard InChI is InChI=1S/C14H11BrCl2N2O2/c1-8(21-11-4-2-3-10(16)6-11)14(20)19-12-5-9(15)7-18-13(12)17/h2-8H,1H3,(H,19,20). The van der Waals surface area contributed by atoms with Crippen molar-refractivity contribution in [1.29, 1.82) is 0 Å². The molecule has 4 nitrogen and oxygen atoms in total. The molecule has 0 aliphatic rings. The number of carbonyl (C=O) groups is 1. The number of ether oxygens (including phenoxy) is 1. The van der Waals surface area contributed by atoms with Crippen LogP contribution in [0.1, 0.15) is 6.92 Å². The number of hydrogen-bond acceptors (Lipinski definition) is 3. The van der Waals surface area contributed by atoms with Gasteiger partial charge >= 0.3 is 0 Å². The molecule has 0 aliphatic carbocycles. The quantitative estimate of drug-likeness (QED) is 0.780. The number of hydrogen-bond donors (Lipinski definition) is 1. The van der Waals surface area contributed by atoms with Crippen molar-refractivity contribution in [3.63, 3.8) is 0 Å². The molecule has 1 atom stereocenters. The highest BCUT2D eigenvalue weighted by Crippen LogP contribution is 2.24. The molecule has 1 aromatic heterocycles. The van der Waals surface area contributed by atoms with E-state index < -0.39 is 6.10 Å². The predicted molar refractivity (Wildman–Crippen MR) is 87.1 cm³/mol. The summed E-state index contributed by atoms with van der Waals surface area (Å²) < 4.78 is 6.24. The van der Waals surface area contributed by atoms with Crippen LogP contribution >= 0.6 is 39.1 Å². The van der Waals surface area contributed by atoms with Gasteiger partial charge in [0.05, 0.1) is 5.69 Å². The zero-order valence-corrected chi connectivity index (χ0v) is 14.0. The van der Waals surface area contributed by atoms with E-state index >= 15 is 0 Å². The van der Waals surface area contributed by atoms with Gasteiger partial charge in [0.1, 0.15) is 5.75 Å². The average Bonchev–Trinajstić information content (AvgIpc) is 2.43. The Kier molecular flexibility index (Phi) is 5.45.